The van der Waals surface area contributed by atoms with E-state index in [0.717, 1.165) is 22.2 Å². The molecule has 2 N–H and O–H groups in total. The van der Waals surface area contributed by atoms with Crippen molar-refractivity contribution in [1.82, 2.24) is 14.4 Å². The largest absolute Gasteiger partial charge is 0.497 e. The Morgan fingerprint density at radius 1 is 1.02 bits per heavy atom. The Morgan fingerprint density at radius 2 is 1.73 bits per heavy atom. The van der Waals surface area contributed by atoms with Gasteiger partial charge in [-0.25, -0.2) is 13.6 Å². The predicted molar refractivity (Wildman–Crippen MR) is 145 cm³/mol. The highest BCUT2D eigenvalue weighted by Crippen LogP contribution is 2.50. The summed E-state index contributed by atoms with van der Waals surface area (Å²) in [4.78, 5) is 29.9. The zero-order chi connectivity index (χ0) is 28.2. The quantitative estimate of drug-likeness (QED) is 0.396. The second-order valence-corrected chi connectivity index (χ2v) is 10.4. The maximum Gasteiger partial charge on any atom is 0.322 e. The molecule has 2 aliphatic rings. The van der Waals surface area contributed by atoms with Crippen LogP contribution in [-0.2, 0) is 12.5 Å². The van der Waals surface area contributed by atoms with Gasteiger partial charge >= 0.3 is 6.03 Å². The first-order valence-electron chi connectivity index (χ1n) is 12.9. The van der Waals surface area contributed by atoms with Gasteiger partial charge in [0.1, 0.15) is 17.4 Å². The Labute approximate surface area is 229 Å². The Morgan fingerprint density at radius 3 is 2.40 bits per heavy atom. The third-order valence-corrected chi connectivity index (χ3v) is 8.08. The number of carbonyl (C=O) groups is 2. The predicted octanol–water partition coefficient (Wildman–Crippen LogP) is 4.44. The highest BCUT2D eigenvalue weighted by Gasteiger charge is 2.55. The summed E-state index contributed by atoms with van der Waals surface area (Å²) < 4.78 is 36.2. The Kier molecular flexibility index (Phi) is 6.22. The fourth-order valence-electron chi connectivity index (χ4n) is 6.21. The topological polar surface area (TPSA) is 87.0 Å². The van der Waals surface area contributed by atoms with Crippen LogP contribution in [0.1, 0.15) is 27.7 Å². The van der Waals surface area contributed by atoms with Crippen LogP contribution in [0.3, 0.4) is 0 Å². The summed E-state index contributed by atoms with van der Waals surface area (Å²) in [6, 6.07) is 16.1. The molecule has 3 heterocycles. The number of para-hydroxylation sites is 1. The lowest BCUT2D eigenvalue weighted by molar-refractivity contribution is 0.0127. The first kappa shape index (κ1) is 25.8. The van der Waals surface area contributed by atoms with E-state index in [9.17, 15) is 23.5 Å². The minimum absolute atomic E-state index is 0.0153. The number of likely N-dealkylation sites (tertiary alicyclic amines) is 1. The first-order chi connectivity index (χ1) is 19.3. The van der Waals surface area contributed by atoms with Crippen LogP contribution in [0.25, 0.3) is 10.9 Å². The van der Waals surface area contributed by atoms with E-state index in [2.05, 4.69) is 5.32 Å². The SMILES string of the molecule is COc1ccc2c3c(n(C)c2c1)[C@H](CO)N(C(=O)Nc1ccccc1F)CC31CN(C(=O)c2ccccc2F)C1. The van der Waals surface area contributed by atoms with Gasteiger partial charge in [-0.15, -0.1) is 0 Å². The number of nitrogens with zero attached hydrogens (tertiary/aromatic N) is 3. The average Bonchev–Trinajstić information content (AvgIpc) is 3.24. The fraction of sp³-hybridized carbons (Fsp3) is 0.267. The van der Waals surface area contributed by atoms with Gasteiger partial charge in [-0.2, -0.15) is 0 Å². The van der Waals surface area contributed by atoms with Crippen LogP contribution in [0.4, 0.5) is 19.3 Å². The van der Waals surface area contributed by atoms with E-state index >= 15 is 0 Å². The van der Waals surface area contributed by atoms with Crippen molar-refractivity contribution in [2.24, 2.45) is 7.05 Å². The number of fused-ring (bicyclic) bond motifs is 4. The number of aryl methyl sites for hydroxylation is 1. The van der Waals surface area contributed by atoms with Gasteiger partial charge in [0.05, 0.1) is 41.9 Å². The standard InChI is InChI=1S/C30H28F2N4O4/c1-34-24-13-18(40-2)11-12-20(24)26-27(34)25(14-37)36(29(39)33-23-10-6-5-9-22(23)32)17-30(26)15-35(16-30)28(38)19-7-3-4-8-21(19)31/h3-13,25,37H,14-17H2,1-2H3,(H,33,39)/t25-/m0/s1. The molecule has 8 nitrogen and oxygen atoms in total. The van der Waals surface area contributed by atoms with Crippen LogP contribution in [-0.4, -0.2) is 64.8 Å². The second-order valence-electron chi connectivity index (χ2n) is 10.4. The number of amides is 3. The van der Waals surface area contributed by atoms with Crippen LogP contribution in [0.2, 0.25) is 0 Å². The summed E-state index contributed by atoms with van der Waals surface area (Å²) in [5, 5.41) is 14.1. The van der Waals surface area contributed by atoms with Gasteiger partial charge in [0.2, 0.25) is 0 Å². The number of ether oxygens (including phenoxy) is 1. The van der Waals surface area contributed by atoms with E-state index in [0.29, 0.717) is 5.75 Å². The van der Waals surface area contributed by atoms with Crippen molar-refractivity contribution >= 4 is 28.5 Å². The molecule has 40 heavy (non-hydrogen) atoms. The lowest BCUT2D eigenvalue weighted by atomic mass is 9.68. The number of aliphatic hydroxyl groups is 1. The maximum absolute atomic E-state index is 14.4. The highest BCUT2D eigenvalue weighted by molar-refractivity contribution is 5.97. The number of urea groups is 1. The van der Waals surface area contributed by atoms with Crippen molar-refractivity contribution in [3.63, 3.8) is 0 Å². The zero-order valence-electron chi connectivity index (χ0n) is 22.0. The molecule has 1 aromatic heterocycles. The minimum Gasteiger partial charge on any atom is -0.497 e. The molecule has 10 heteroatoms. The molecular formula is C30H28F2N4O4. The van der Waals surface area contributed by atoms with Crippen molar-refractivity contribution in [1.29, 1.82) is 0 Å². The van der Waals surface area contributed by atoms with Gasteiger partial charge in [-0.3, -0.25) is 4.79 Å². The number of methoxy groups -OCH3 is 1. The normalized spacial score (nSPS) is 17.5. The van der Waals surface area contributed by atoms with Crippen LogP contribution >= 0.6 is 0 Å². The van der Waals surface area contributed by atoms with E-state index in [1.54, 1.807) is 24.1 Å². The van der Waals surface area contributed by atoms with Gasteiger partial charge < -0.3 is 29.5 Å². The summed E-state index contributed by atoms with van der Waals surface area (Å²) in [6.45, 7) is 0.268. The molecular weight excluding hydrogens is 518 g/mol. The van der Waals surface area contributed by atoms with Crippen LogP contribution in [0.15, 0.2) is 66.7 Å². The molecule has 4 aromatic rings. The summed E-state index contributed by atoms with van der Waals surface area (Å²) in [5.74, 6) is -0.954. The number of halogens is 2. The van der Waals surface area contributed by atoms with E-state index in [-0.39, 0.29) is 37.5 Å². The van der Waals surface area contributed by atoms with Gasteiger partial charge in [0.15, 0.2) is 0 Å². The Balaban J connectivity index is 1.44. The molecule has 3 amide bonds. The van der Waals surface area contributed by atoms with Gasteiger partial charge in [-0.05, 0) is 42.0 Å². The van der Waals surface area contributed by atoms with E-state index in [1.165, 1.54) is 41.3 Å². The van der Waals surface area contributed by atoms with E-state index in [4.69, 9.17) is 4.74 Å². The number of benzene rings is 3. The summed E-state index contributed by atoms with van der Waals surface area (Å²) in [7, 11) is 3.44. The van der Waals surface area contributed by atoms with Gasteiger partial charge in [0.25, 0.3) is 5.91 Å². The fourth-order valence-corrected chi connectivity index (χ4v) is 6.21. The number of anilines is 1. The van der Waals surface area contributed by atoms with Crippen molar-refractivity contribution in [2.75, 3.05) is 38.7 Å². The van der Waals surface area contributed by atoms with Gasteiger partial charge in [0, 0.05) is 43.8 Å². The minimum atomic E-state index is -0.730. The summed E-state index contributed by atoms with van der Waals surface area (Å²) in [6.07, 6.45) is 0. The molecule has 0 saturated carbocycles. The highest BCUT2D eigenvalue weighted by atomic mass is 19.1. The Hall–Kier alpha value is -4.44. The molecule has 0 aliphatic carbocycles. The molecule has 3 aromatic carbocycles. The molecule has 206 valence electrons. The van der Waals surface area contributed by atoms with E-state index < -0.39 is 35.0 Å². The second kappa shape index (κ2) is 9.63. The van der Waals surface area contributed by atoms with Crippen molar-refractivity contribution < 1.29 is 28.2 Å². The molecule has 2 aliphatic heterocycles. The molecule has 1 fully saturated rings. The van der Waals surface area contributed by atoms with Crippen molar-refractivity contribution in [3.8, 4) is 5.75 Å². The summed E-state index contributed by atoms with van der Waals surface area (Å²) >= 11 is 0. The lowest BCUT2D eigenvalue weighted by Crippen LogP contribution is -2.68. The number of rotatable bonds is 4. The van der Waals surface area contributed by atoms with Crippen molar-refractivity contribution in [3.05, 3.63) is 95.2 Å². The van der Waals surface area contributed by atoms with Gasteiger partial charge in [-0.1, -0.05) is 24.3 Å². The monoisotopic (exact) mass is 546 g/mol. The van der Waals surface area contributed by atoms with Crippen LogP contribution < -0.4 is 10.1 Å². The number of hydrogen-bond acceptors (Lipinski definition) is 4. The maximum atomic E-state index is 14.4. The average molecular weight is 547 g/mol. The molecule has 1 saturated heterocycles. The molecule has 1 spiro atoms. The smallest absolute Gasteiger partial charge is 0.322 e. The number of carbonyl (C=O) groups excluding carboxylic acids is 2. The third kappa shape index (κ3) is 3.90. The first-order valence-corrected chi connectivity index (χ1v) is 12.9. The Bertz CT molecular complexity index is 1650. The molecule has 0 radical (unpaired) electrons. The number of nitrogens with one attached hydrogen (secondary N) is 1. The molecule has 0 unspecified atom stereocenters. The van der Waals surface area contributed by atoms with Crippen molar-refractivity contribution in [2.45, 2.75) is 11.5 Å². The van der Waals surface area contributed by atoms with Crippen LogP contribution in [0, 0.1) is 11.6 Å². The third-order valence-electron chi connectivity index (χ3n) is 8.08. The lowest BCUT2D eigenvalue weighted by Gasteiger charge is -2.56. The molecule has 0 bridgehead atoms. The number of aromatic nitrogens is 1. The number of aliphatic hydroxyl groups excluding tert-OH is 1. The molecule has 6 rings (SSSR count). The zero-order valence-corrected chi connectivity index (χ0v) is 22.0. The van der Waals surface area contributed by atoms with E-state index in [1.807, 2.05) is 29.8 Å². The van der Waals surface area contributed by atoms with Crippen LogP contribution in [0.5, 0.6) is 5.75 Å². The molecule has 1 atom stereocenters. The summed E-state index contributed by atoms with van der Waals surface area (Å²) in [5.41, 5.74) is 1.81. The number of hydrogen-bond donors (Lipinski definition) is 2.